The van der Waals surface area contributed by atoms with Crippen LogP contribution in [0.2, 0.25) is 0 Å². The van der Waals surface area contributed by atoms with Gasteiger partial charge in [0.1, 0.15) is 0 Å². The van der Waals surface area contributed by atoms with Crippen LogP contribution in [0.4, 0.5) is 0 Å². The van der Waals surface area contributed by atoms with E-state index < -0.39 is 0 Å². The Morgan fingerprint density at radius 1 is 1.04 bits per heavy atom. The molecule has 0 aliphatic rings. The average Bonchev–Trinajstić information content (AvgIpc) is 2.61. The third-order valence-corrected chi connectivity index (χ3v) is 4.25. The van der Waals surface area contributed by atoms with Crippen LogP contribution < -0.4 is 5.32 Å². The van der Waals surface area contributed by atoms with Gasteiger partial charge in [-0.15, -0.1) is 0 Å². The van der Waals surface area contributed by atoms with E-state index in [0.717, 1.165) is 5.56 Å². The molecule has 5 heteroatoms. The van der Waals surface area contributed by atoms with Crippen LogP contribution in [0.15, 0.2) is 48.8 Å². The van der Waals surface area contributed by atoms with Gasteiger partial charge < -0.3 is 10.2 Å². The molecule has 2 amide bonds. The molecule has 2 rings (SSSR count). The Morgan fingerprint density at radius 2 is 1.65 bits per heavy atom. The first-order chi connectivity index (χ1) is 12.3. The second-order valence-electron chi connectivity index (χ2n) is 7.38. The summed E-state index contributed by atoms with van der Waals surface area (Å²) in [4.78, 5) is 29.8. The fourth-order valence-corrected chi connectivity index (χ4v) is 2.58. The van der Waals surface area contributed by atoms with E-state index in [1.165, 1.54) is 12.5 Å². The third-order valence-electron chi connectivity index (χ3n) is 4.25. The van der Waals surface area contributed by atoms with Crippen LogP contribution in [-0.4, -0.2) is 34.8 Å². The van der Waals surface area contributed by atoms with Gasteiger partial charge in [-0.05, 0) is 40.8 Å². The van der Waals surface area contributed by atoms with Crippen molar-refractivity contribution in [1.82, 2.24) is 15.2 Å². The summed E-state index contributed by atoms with van der Waals surface area (Å²) in [5.74, 6) is -0.150. The highest BCUT2D eigenvalue weighted by Crippen LogP contribution is 2.22. The molecule has 0 bridgehead atoms. The molecule has 2 aromatic rings. The van der Waals surface area contributed by atoms with Crippen molar-refractivity contribution in [1.29, 1.82) is 0 Å². The minimum atomic E-state index is -0.127. The van der Waals surface area contributed by atoms with E-state index in [2.05, 4.69) is 31.1 Å². The summed E-state index contributed by atoms with van der Waals surface area (Å²) >= 11 is 0. The molecule has 1 aromatic carbocycles. The topological polar surface area (TPSA) is 62.3 Å². The number of pyridine rings is 1. The lowest BCUT2D eigenvalue weighted by molar-refractivity contribution is -0.129. The highest BCUT2D eigenvalue weighted by molar-refractivity contribution is 5.94. The van der Waals surface area contributed by atoms with Crippen molar-refractivity contribution < 1.29 is 9.59 Å². The van der Waals surface area contributed by atoms with Crippen molar-refractivity contribution in [3.63, 3.8) is 0 Å². The SMILES string of the molecule is CC(=O)N(CCNC(=O)c1ccc(C(C)(C)C)cc1)Cc1ccncc1. The van der Waals surface area contributed by atoms with E-state index in [9.17, 15) is 9.59 Å². The molecule has 0 radical (unpaired) electrons. The number of benzene rings is 1. The zero-order chi connectivity index (χ0) is 19.2. The fourth-order valence-electron chi connectivity index (χ4n) is 2.58. The van der Waals surface area contributed by atoms with E-state index in [4.69, 9.17) is 0 Å². The summed E-state index contributed by atoms with van der Waals surface area (Å²) in [6.45, 7) is 9.33. The predicted molar refractivity (Wildman–Crippen MR) is 103 cm³/mol. The van der Waals surface area contributed by atoms with Crippen LogP contribution >= 0.6 is 0 Å². The molecule has 0 unspecified atom stereocenters. The van der Waals surface area contributed by atoms with Crippen LogP contribution in [-0.2, 0) is 16.8 Å². The van der Waals surface area contributed by atoms with E-state index in [0.29, 0.717) is 25.2 Å². The van der Waals surface area contributed by atoms with Crippen molar-refractivity contribution >= 4 is 11.8 Å². The van der Waals surface area contributed by atoms with Crippen LogP contribution in [0.25, 0.3) is 0 Å². The second-order valence-corrected chi connectivity index (χ2v) is 7.38. The van der Waals surface area contributed by atoms with E-state index in [1.807, 2.05) is 36.4 Å². The van der Waals surface area contributed by atoms with Gasteiger partial charge in [0.15, 0.2) is 0 Å². The Labute approximate surface area is 155 Å². The van der Waals surface area contributed by atoms with Gasteiger partial charge in [0, 0.05) is 44.5 Å². The molecule has 0 saturated heterocycles. The Bertz CT molecular complexity index is 734. The van der Waals surface area contributed by atoms with Crippen LogP contribution in [0.1, 0.15) is 49.2 Å². The van der Waals surface area contributed by atoms with Gasteiger partial charge in [-0.25, -0.2) is 0 Å². The highest BCUT2D eigenvalue weighted by Gasteiger charge is 2.15. The molecular weight excluding hydrogens is 326 g/mol. The summed E-state index contributed by atoms with van der Waals surface area (Å²) in [5.41, 5.74) is 2.89. The number of aromatic nitrogens is 1. The number of carbonyl (C=O) groups is 2. The van der Waals surface area contributed by atoms with Gasteiger partial charge in [-0.1, -0.05) is 32.9 Å². The monoisotopic (exact) mass is 353 g/mol. The third kappa shape index (κ3) is 5.69. The van der Waals surface area contributed by atoms with Gasteiger partial charge in [0.2, 0.25) is 5.91 Å². The lowest BCUT2D eigenvalue weighted by Crippen LogP contribution is -2.37. The fraction of sp³-hybridized carbons (Fsp3) is 0.381. The van der Waals surface area contributed by atoms with Crippen molar-refractivity contribution in [3.8, 4) is 0 Å². The molecule has 138 valence electrons. The minimum absolute atomic E-state index is 0.0226. The molecule has 1 aromatic heterocycles. The minimum Gasteiger partial charge on any atom is -0.350 e. The van der Waals surface area contributed by atoms with E-state index in [-0.39, 0.29) is 17.2 Å². The maximum absolute atomic E-state index is 12.3. The molecule has 0 aliphatic heterocycles. The van der Waals surface area contributed by atoms with Crippen molar-refractivity contribution in [2.45, 2.75) is 39.7 Å². The summed E-state index contributed by atoms with van der Waals surface area (Å²) in [6, 6.07) is 11.4. The highest BCUT2D eigenvalue weighted by atomic mass is 16.2. The summed E-state index contributed by atoms with van der Waals surface area (Å²) in [5, 5.41) is 2.88. The molecular formula is C21H27N3O2. The maximum Gasteiger partial charge on any atom is 0.251 e. The first kappa shape index (κ1) is 19.6. The zero-order valence-electron chi connectivity index (χ0n) is 16.0. The number of rotatable bonds is 6. The molecule has 1 heterocycles. The molecule has 0 spiro atoms. The Balaban J connectivity index is 1.88. The zero-order valence-corrected chi connectivity index (χ0v) is 16.0. The van der Waals surface area contributed by atoms with Crippen molar-refractivity contribution in [2.24, 2.45) is 0 Å². The van der Waals surface area contributed by atoms with Crippen LogP contribution in [0.3, 0.4) is 0 Å². The molecule has 0 atom stereocenters. The summed E-state index contributed by atoms with van der Waals surface area (Å²) < 4.78 is 0. The van der Waals surface area contributed by atoms with Crippen molar-refractivity contribution in [3.05, 3.63) is 65.5 Å². The lowest BCUT2D eigenvalue weighted by Gasteiger charge is -2.21. The van der Waals surface area contributed by atoms with Crippen molar-refractivity contribution in [2.75, 3.05) is 13.1 Å². The second kappa shape index (κ2) is 8.61. The number of nitrogens with zero attached hydrogens (tertiary/aromatic N) is 2. The van der Waals surface area contributed by atoms with Crippen LogP contribution in [0, 0.1) is 0 Å². The number of hydrogen-bond donors (Lipinski definition) is 1. The Kier molecular flexibility index (Phi) is 6.50. The number of amides is 2. The quantitative estimate of drug-likeness (QED) is 0.868. The molecule has 26 heavy (non-hydrogen) atoms. The summed E-state index contributed by atoms with van der Waals surface area (Å²) in [6.07, 6.45) is 3.41. The average molecular weight is 353 g/mol. The number of nitrogens with one attached hydrogen (secondary N) is 1. The van der Waals surface area contributed by atoms with E-state index >= 15 is 0 Å². The molecule has 5 nitrogen and oxygen atoms in total. The van der Waals surface area contributed by atoms with Gasteiger partial charge in [0.05, 0.1) is 0 Å². The summed E-state index contributed by atoms with van der Waals surface area (Å²) in [7, 11) is 0. The molecule has 0 aliphatic carbocycles. The van der Waals surface area contributed by atoms with Gasteiger partial charge in [0.25, 0.3) is 5.91 Å². The largest absolute Gasteiger partial charge is 0.350 e. The maximum atomic E-state index is 12.3. The number of hydrogen-bond acceptors (Lipinski definition) is 3. The lowest BCUT2D eigenvalue weighted by atomic mass is 9.87. The first-order valence-corrected chi connectivity index (χ1v) is 8.80. The Hall–Kier alpha value is -2.69. The smallest absolute Gasteiger partial charge is 0.251 e. The predicted octanol–water partition coefficient (Wildman–Crippen LogP) is 3.16. The first-order valence-electron chi connectivity index (χ1n) is 8.80. The molecule has 0 fully saturated rings. The standard InChI is InChI=1S/C21H27N3O2/c1-16(25)24(15-17-9-11-22-12-10-17)14-13-23-20(26)18-5-7-19(8-6-18)21(2,3)4/h5-12H,13-15H2,1-4H3,(H,23,26). The van der Waals surface area contributed by atoms with E-state index in [1.54, 1.807) is 17.3 Å². The van der Waals surface area contributed by atoms with Gasteiger partial charge >= 0.3 is 0 Å². The number of carbonyl (C=O) groups excluding carboxylic acids is 2. The molecule has 1 N–H and O–H groups in total. The van der Waals surface area contributed by atoms with Gasteiger partial charge in [-0.3, -0.25) is 14.6 Å². The Morgan fingerprint density at radius 3 is 2.19 bits per heavy atom. The van der Waals surface area contributed by atoms with Crippen LogP contribution in [0.5, 0.6) is 0 Å². The van der Waals surface area contributed by atoms with Gasteiger partial charge in [-0.2, -0.15) is 0 Å². The molecule has 0 saturated carbocycles. The normalized spacial score (nSPS) is 11.1.